The minimum Gasteiger partial charge on any atom is -0.494 e. The van der Waals surface area contributed by atoms with E-state index in [4.69, 9.17) is 14.2 Å². The number of nitrogens with zero attached hydrogens (tertiary/aromatic N) is 1. The number of esters is 1. The molecule has 1 heterocycles. The lowest BCUT2D eigenvalue weighted by Crippen LogP contribution is -2.43. The van der Waals surface area contributed by atoms with E-state index >= 15 is 0 Å². The summed E-state index contributed by atoms with van der Waals surface area (Å²) in [6.45, 7) is 5.78. The molecule has 2 aromatic carbocycles. The molecule has 8 nitrogen and oxygen atoms in total. The van der Waals surface area contributed by atoms with Crippen molar-refractivity contribution < 1.29 is 33.7 Å². The van der Waals surface area contributed by atoms with Crippen LogP contribution in [0.4, 0.5) is 4.79 Å². The summed E-state index contributed by atoms with van der Waals surface area (Å²) >= 11 is 0. The average molecular weight is 666 g/mol. The number of hydrogen-bond acceptors (Lipinski definition) is 6. The number of amides is 1. The normalized spacial score (nSPS) is 16.0. The number of piperidine rings is 1. The molecule has 1 saturated heterocycles. The third-order valence-electron chi connectivity index (χ3n) is 9.24. The first kappa shape index (κ1) is 38.9. The van der Waals surface area contributed by atoms with Crippen molar-refractivity contribution >= 4 is 18.0 Å². The summed E-state index contributed by atoms with van der Waals surface area (Å²) in [4.78, 5) is 39.4. The molecule has 0 aliphatic carbocycles. The number of unbranched alkanes of at least 4 members (excludes halogenated alkanes) is 14. The molecule has 1 aliphatic rings. The van der Waals surface area contributed by atoms with Crippen LogP contribution in [0.25, 0.3) is 0 Å². The van der Waals surface area contributed by atoms with Crippen molar-refractivity contribution in [1.29, 1.82) is 0 Å². The maximum absolute atomic E-state index is 13.1. The van der Waals surface area contributed by atoms with Gasteiger partial charge in [-0.05, 0) is 67.6 Å². The topological polar surface area (TPSA) is 102 Å². The van der Waals surface area contributed by atoms with Gasteiger partial charge >= 0.3 is 18.0 Å². The van der Waals surface area contributed by atoms with E-state index in [2.05, 4.69) is 13.8 Å². The first-order valence-corrected chi connectivity index (χ1v) is 18.6. The van der Waals surface area contributed by atoms with Crippen LogP contribution in [0.3, 0.4) is 0 Å². The zero-order valence-electron chi connectivity index (χ0n) is 29.5. The second kappa shape index (κ2) is 22.9. The van der Waals surface area contributed by atoms with Gasteiger partial charge in [0.2, 0.25) is 0 Å². The van der Waals surface area contributed by atoms with Crippen LogP contribution in [0.5, 0.6) is 11.5 Å². The third-order valence-corrected chi connectivity index (χ3v) is 9.24. The summed E-state index contributed by atoms with van der Waals surface area (Å²) in [5.41, 5.74) is 1.20. The zero-order chi connectivity index (χ0) is 34.4. The second-order valence-corrected chi connectivity index (χ2v) is 13.2. The van der Waals surface area contributed by atoms with E-state index < -0.39 is 30.0 Å². The molecular weight excluding hydrogens is 606 g/mol. The fourth-order valence-electron chi connectivity index (χ4n) is 6.24. The predicted octanol–water partition coefficient (Wildman–Crippen LogP) is 10.5. The van der Waals surface area contributed by atoms with Crippen LogP contribution in [-0.4, -0.2) is 47.8 Å². The zero-order valence-corrected chi connectivity index (χ0v) is 29.5. The lowest BCUT2D eigenvalue weighted by molar-refractivity contribution is -0.144. The Labute approximate surface area is 288 Å². The molecule has 48 heavy (non-hydrogen) atoms. The van der Waals surface area contributed by atoms with E-state index in [1.165, 1.54) is 70.6 Å². The summed E-state index contributed by atoms with van der Waals surface area (Å²) < 4.78 is 17.1. The van der Waals surface area contributed by atoms with Crippen LogP contribution in [-0.2, 0) is 9.53 Å². The van der Waals surface area contributed by atoms with Gasteiger partial charge in [-0.15, -0.1) is 0 Å². The Kier molecular flexibility index (Phi) is 18.6. The number of benzene rings is 2. The summed E-state index contributed by atoms with van der Waals surface area (Å²) in [6, 6.07) is 13.5. The smallest absolute Gasteiger partial charge is 0.410 e. The molecule has 8 heteroatoms. The molecule has 0 bridgehead atoms. The molecule has 0 aromatic heterocycles. The maximum atomic E-state index is 13.1. The van der Waals surface area contributed by atoms with Crippen molar-refractivity contribution in [3.8, 4) is 11.5 Å². The summed E-state index contributed by atoms with van der Waals surface area (Å²) in [5, 5.41) is 9.69. The molecule has 0 saturated carbocycles. The molecule has 2 aromatic rings. The first-order chi connectivity index (χ1) is 23.4. The van der Waals surface area contributed by atoms with Gasteiger partial charge in [-0.2, -0.15) is 0 Å². The predicted molar refractivity (Wildman–Crippen MR) is 190 cm³/mol. The lowest BCUT2D eigenvalue weighted by Gasteiger charge is -2.37. The van der Waals surface area contributed by atoms with Crippen molar-refractivity contribution in [1.82, 2.24) is 4.90 Å². The van der Waals surface area contributed by atoms with Crippen LogP contribution in [0.15, 0.2) is 48.5 Å². The average Bonchev–Trinajstić information content (AvgIpc) is 3.10. The van der Waals surface area contributed by atoms with Crippen molar-refractivity contribution in [2.45, 2.75) is 135 Å². The Morgan fingerprint density at radius 3 is 1.77 bits per heavy atom. The largest absolute Gasteiger partial charge is 0.494 e. The SMILES string of the molecule is CCCCCCCCCCOC(=O)N1CCC(C(=O)O)CC1c1ccc(OC(=O)c2ccc(OCCCCCCCCCC)cc2)cc1. The molecule has 2 unspecified atom stereocenters. The Balaban J connectivity index is 1.45. The number of hydrogen-bond donors (Lipinski definition) is 1. The molecule has 1 fully saturated rings. The Morgan fingerprint density at radius 2 is 1.21 bits per heavy atom. The van der Waals surface area contributed by atoms with Crippen LogP contribution in [0.2, 0.25) is 0 Å². The number of carbonyl (C=O) groups is 3. The van der Waals surface area contributed by atoms with Crippen LogP contribution < -0.4 is 9.47 Å². The van der Waals surface area contributed by atoms with Crippen molar-refractivity contribution in [3.05, 3.63) is 59.7 Å². The second-order valence-electron chi connectivity index (χ2n) is 13.2. The Morgan fingerprint density at radius 1 is 0.688 bits per heavy atom. The minimum absolute atomic E-state index is 0.300. The molecule has 0 spiro atoms. The van der Waals surface area contributed by atoms with E-state index in [1.54, 1.807) is 53.4 Å². The van der Waals surface area contributed by atoms with Crippen molar-refractivity contribution in [2.24, 2.45) is 5.92 Å². The number of carboxylic acid groups (broad SMARTS) is 1. The van der Waals surface area contributed by atoms with Gasteiger partial charge in [0.25, 0.3) is 0 Å². The molecular formula is C40H59NO7. The molecule has 1 N–H and O–H groups in total. The molecule has 0 radical (unpaired) electrons. The van der Waals surface area contributed by atoms with Crippen LogP contribution >= 0.6 is 0 Å². The van der Waals surface area contributed by atoms with Gasteiger partial charge in [0, 0.05) is 6.54 Å². The number of carboxylic acids is 1. The molecule has 2 atom stereocenters. The van der Waals surface area contributed by atoms with Crippen molar-refractivity contribution in [3.63, 3.8) is 0 Å². The van der Waals surface area contributed by atoms with Gasteiger partial charge in [0.1, 0.15) is 11.5 Å². The first-order valence-electron chi connectivity index (χ1n) is 18.6. The quantitative estimate of drug-likeness (QED) is 0.0716. The maximum Gasteiger partial charge on any atom is 0.410 e. The highest BCUT2D eigenvalue weighted by molar-refractivity contribution is 5.91. The number of rotatable bonds is 23. The lowest BCUT2D eigenvalue weighted by atomic mass is 9.87. The van der Waals surface area contributed by atoms with Crippen molar-refractivity contribution in [2.75, 3.05) is 19.8 Å². The van der Waals surface area contributed by atoms with Crippen LogP contribution in [0, 0.1) is 5.92 Å². The number of ether oxygens (including phenoxy) is 3. The highest BCUT2D eigenvalue weighted by Crippen LogP contribution is 2.36. The monoisotopic (exact) mass is 665 g/mol. The van der Waals surface area contributed by atoms with Gasteiger partial charge in [-0.25, -0.2) is 9.59 Å². The number of likely N-dealkylation sites (tertiary alicyclic amines) is 1. The van der Waals surface area contributed by atoms with Gasteiger partial charge in [0.05, 0.1) is 30.7 Å². The standard InChI is InChI=1S/C40H59NO7/c1-3-5-7-9-11-13-15-17-29-46-35-23-21-33(22-24-35)39(44)48-36-25-19-32(20-26-36)37-31-34(38(42)43)27-28-41(37)40(45)47-30-18-16-14-12-10-8-6-4-2/h19-26,34,37H,3-18,27-31H2,1-2H3,(H,42,43). The van der Waals surface area contributed by atoms with Gasteiger partial charge in [-0.1, -0.05) is 116 Å². The van der Waals surface area contributed by atoms with E-state index in [0.29, 0.717) is 43.9 Å². The highest BCUT2D eigenvalue weighted by atomic mass is 16.6. The Bertz CT molecular complexity index is 1200. The van der Waals surface area contributed by atoms with E-state index in [-0.39, 0.29) is 0 Å². The van der Waals surface area contributed by atoms with Gasteiger partial charge < -0.3 is 24.2 Å². The summed E-state index contributed by atoms with van der Waals surface area (Å²) in [5.74, 6) is -0.786. The molecule has 1 amide bonds. The fraction of sp³-hybridized carbons (Fsp3) is 0.625. The van der Waals surface area contributed by atoms with E-state index in [9.17, 15) is 19.5 Å². The molecule has 266 valence electrons. The number of carbonyl (C=O) groups excluding carboxylic acids is 2. The summed E-state index contributed by atoms with van der Waals surface area (Å²) in [7, 11) is 0. The highest BCUT2D eigenvalue weighted by Gasteiger charge is 2.36. The molecule has 3 rings (SSSR count). The van der Waals surface area contributed by atoms with Crippen LogP contribution in [0.1, 0.15) is 151 Å². The third kappa shape index (κ3) is 14.3. The Hall–Kier alpha value is -3.55. The number of aliphatic carboxylic acids is 1. The van der Waals surface area contributed by atoms with Gasteiger partial charge in [-0.3, -0.25) is 4.79 Å². The summed E-state index contributed by atoms with van der Waals surface area (Å²) in [6.07, 6.45) is 19.5. The van der Waals surface area contributed by atoms with E-state index in [1.807, 2.05) is 0 Å². The fourth-order valence-corrected chi connectivity index (χ4v) is 6.24. The van der Waals surface area contributed by atoms with Gasteiger partial charge in [0.15, 0.2) is 0 Å². The molecule has 1 aliphatic heterocycles. The minimum atomic E-state index is -0.859. The van der Waals surface area contributed by atoms with E-state index in [0.717, 1.165) is 43.4 Å².